The van der Waals surface area contributed by atoms with Gasteiger partial charge >= 0.3 is 0 Å². The number of hydrogen-bond acceptors (Lipinski definition) is 3. The zero-order chi connectivity index (χ0) is 20.3. The minimum atomic E-state index is -0.0763. The number of ether oxygens (including phenoxy) is 1. The van der Waals surface area contributed by atoms with E-state index in [9.17, 15) is 4.79 Å². The molecule has 1 amide bonds. The molecule has 6 nitrogen and oxygen atoms in total. The molecular weight excluding hydrogens is 491 g/mol. The predicted molar refractivity (Wildman–Crippen MR) is 131 cm³/mol. The van der Waals surface area contributed by atoms with Crippen LogP contribution in [0, 0.1) is 5.92 Å². The average Bonchev–Trinajstić information content (AvgIpc) is 3.58. The fourth-order valence-corrected chi connectivity index (χ4v) is 2.80. The van der Waals surface area contributed by atoms with E-state index in [0.717, 1.165) is 30.0 Å². The molecular formula is C23H31IN4O2. The van der Waals surface area contributed by atoms with Gasteiger partial charge in [0.05, 0.1) is 19.7 Å². The third-order valence-corrected chi connectivity index (χ3v) is 4.64. The maximum absolute atomic E-state index is 12.1. The molecule has 3 N–H and O–H groups in total. The Morgan fingerprint density at radius 3 is 2.50 bits per heavy atom. The number of nitrogens with zero attached hydrogens (tertiary/aromatic N) is 1. The summed E-state index contributed by atoms with van der Waals surface area (Å²) in [5.41, 5.74) is 2.11. The van der Waals surface area contributed by atoms with E-state index in [-0.39, 0.29) is 36.4 Å². The Hall–Kier alpha value is -2.29. The summed E-state index contributed by atoms with van der Waals surface area (Å²) in [6.07, 6.45) is 2.53. The van der Waals surface area contributed by atoms with Crippen LogP contribution in [0.4, 0.5) is 0 Å². The first-order chi connectivity index (χ1) is 14.2. The molecule has 0 heterocycles. The van der Waals surface area contributed by atoms with Gasteiger partial charge in [0.2, 0.25) is 5.91 Å². The van der Waals surface area contributed by atoms with E-state index in [0.29, 0.717) is 25.0 Å². The topological polar surface area (TPSA) is 74.8 Å². The molecule has 0 aromatic heterocycles. The molecule has 162 valence electrons. The number of halogens is 1. The molecule has 0 radical (unpaired) electrons. The van der Waals surface area contributed by atoms with Gasteiger partial charge in [0.25, 0.3) is 0 Å². The lowest BCUT2D eigenvalue weighted by atomic mass is 10.2. The molecule has 0 bridgehead atoms. The molecule has 0 saturated heterocycles. The number of aliphatic imine (C=N–C) groups is 1. The van der Waals surface area contributed by atoms with E-state index in [1.807, 2.05) is 61.5 Å². The van der Waals surface area contributed by atoms with Crippen molar-refractivity contribution in [3.63, 3.8) is 0 Å². The van der Waals surface area contributed by atoms with Crippen molar-refractivity contribution < 1.29 is 9.53 Å². The van der Waals surface area contributed by atoms with Crippen molar-refractivity contribution in [3.8, 4) is 5.75 Å². The largest absolute Gasteiger partial charge is 0.493 e. The van der Waals surface area contributed by atoms with Crippen LogP contribution in [0.5, 0.6) is 5.75 Å². The number of rotatable bonds is 10. The lowest BCUT2D eigenvalue weighted by Gasteiger charge is -2.13. The molecule has 0 aliphatic heterocycles. The van der Waals surface area contributed by atoms with Crippen LogP contribution in [0.25, 0.3) is 0 Å². The fourth-order valence-electron chi connectivity index (χ4n) is 2.80. The van der Waals surface area contributed by atoms with Crippen molar-refractivity contribution in [2.45, 2.75) is 32.9 Å². The zero-order valence-electron chi connectivity index (χ0n) is 17.4. The molecule has 0 unspecified atom stereocenters. The molecule has 2 aromatic rings. The van der Waals surface area contributed by atoms with Crippen LogP contribution in [0.2, 0.25) is 0 Å². The van der Waals surface area contributed by atoms with Crippen LogP contribution in [-0.4, -0.2) is 31.6 Å². The van der Waals surface area contributed by atoms with Crippen molar-refractivity contribution in [1.29, 1.82) is 0 Å². The van der Waals surface area contributed by atoms with Crippen LogP contribution >= 0.6 is 24.0 Å². The number of para-hydroxylation sites is 1. The minimum Gasteiger partial charge on any atom is -0.493 e. The number of carbonyl (C=O) groups is 1. The maximum atomic E-state index is 12.1. The number of guanidine groups is 1. The molecule has 2 aromatic carbocycles. The van der Waals surface area contributed by atoms with Crippen LogP contribution in [0.1, 0.15) is 30.9 Å². The molecule has 0 spiro atoms. The second-order valence-electron chi connectivity index (χ2n) is 7.17. The van der Waals surface area contributed by atoms with Crippen LogP contribution in [0.15, 0.2) is 59.6 Å². The van der Waals surface area contributed by atoms with Crippen LogP contribution in [0.3, 0.4) is 0 Å². The Morgan fingerprint density at radius 2 is 1.77 bits per heavy atom. The normalized spacial score (nSPS) is 13.2. The number of amides is 1. The number of nitrogens with one attached hydrogen (secondary N) is 3. The maximum Gasteiger partial charge on any atom is 0.239 e. The van der Waals surface area contributed by atoms with Gasteiger partial charge in [0.15, 0.2) is 5.96 Å². The third kappa shape index (κ3) is 8.61. The van der Waals surface area contributed by atoms with Gasteiger partial charge in [-0.15, -0.1) is 24.0 Å². The quantitative estimate of drug-likeness (QED) is 0.254. The highest BCUT2D eigenvalue weighted by Crippen LogP contribution is 2.30. The standard InChI is InChI=1S/C23H30N4O2.HI/c1-2-24-23(27-16-22(28)25-14-18-8-4-3-5-9-18)26-15-20-10-6-7-11-21(20)29-17-19-12-13-19;/h3-11,19H,2,12-17H2,1H3,(H,25,28)(H2,24,26,27);1H. The Morgan fingerprint density at radius 1 is 1.03 bits per heavy atom. The van der Waals surface area contributed by atoms with Gasteiger partial charge in [-0.1, -0.05) is 48.5 Å². The third-order valence-electron chi connectivity index (χ3n) is 4.64. The highest BCUT2D eigenvalue weighted by Gasteiger charge is 2.22. The van der Waals surface area contributed by atoms with E-state index in [2.05, 4.69) is 20.9 Å². The summed E-state index contributed by atoms with van der Waals surface area (Å²) in [5.74, 6) is 2.13. The fraction of sp³-hybridized carbons (Fsp3) is 0.391. The number of benzene rings is 2. The Balaban J connectivity index is 0.00000320. The summed E-state index contributed by atoms with van der Waals surface area (Å²) in [7, 11) is 0. The predicted octanol–water partition coefficient (Wildman–Crippen LogP) is 3.46. The van der Waals surface area contributed by atoms with Gasteiger partial charge in [0.1, 0.15) is 5.75 Å². The monoisotopic (exact) mass is 522 g/mol. The Bertz CT molecular complexity index is 810. The average molecular weight is 522 g/mol. The van der Waals surface area contributed by atoms with Crippen molar-refractivity contribution >= 4 is 35.8 Å². The Kier molecular flexibility index (Phi) is 10.5. The van der Waals surface area contributed by atoms with E-state index in [1.54, 1.807) is 0 Å². The van der Waals surface area contributed by atoms with Gasteiger partial charge in [-0.05, 0) is 37.3 Å². The highest BCUT2D eigenvalue weighted by molar-refractivity contribution is 14.0. The molecule has 1 aliphatic carbocycles. The SMILES string of the molecule is CCNC(=NCc1ccccc1OCC1CC1)NCC(=O)NCc1ccccc1.I. The van der Waals surface area contributed by atoms with E-state index in [1.165, 1.54) is 12.8 Å². The molecule has 0 atom stereocenters. The lowest BCUT2D eigenvalue weighted by molar-refractivity contribution is -0.120. The van der Waals surface area contributed by atoms with E-state index < -0.39 is 0 Å². The summed E-state index contributed by atoms with van der Waals surface area (Å²) in [5, 5.41) is 9.18. The molecule has 1 aliphatic rings. The number of hydrogen-bond donors (Lipinski definition) is 3. The van der Waals surface area contributed by atoms with Gasteiger partial charge < -0.3 is 20.7 Å². The minimum absolute atomic E-state index is 0. The highest BCUT2D eigenvalue weighted by atomic mass is 127. The van der Waals surface area contributed by atoms with Gasteiger partial charge in [-0.2, -0.15) is 0 Å². The zero-order valence-corrected chi connectivity index (χ0v) is 19.7. The van der Waals surface area contributed by atoms with Crippen molar-refractivity contribution in [2.75, 3.05) is 19.7 Å². The van der Waals surface area contributed by atoms with Crippen LogP contribution < -0.4 is 20.7 Å². The molecule has 1 saturated carbocycles. The number of carbonyl (C=O) groups excluding carboxylic acids is 1. The smallest absolute Gasteiger partial charge is 0.239 e. The first-order valence-corrected chi connectivity index (χ1v) is 10.3. The first-order valence-electron chi connectivity index (χ1n) is 10.3. The van der Waals surface area contributed by atoms with Crippen molar-refractivity contribution in [2.24, 2.45) is 10.9 Å². The van der Waals surface area contributed by atoms with Gasteiger partial charge in [-0.3, -0.25) is 4.79 Å². The van der Waals surface area contributed by atoms with Crippen LogP contribution in [-0.2, 0) is 17.9 Å². The van der Waals surface area contributed by atoms with Crippen molar-refractivity contribution in [1.82, 2.24) is 16.0 Å². The van der Waals surface area contributed by atoms with Gasteiger partial charge in [0, 0.05) is 18.7 Å². The first kappa shape index (κ1) is 24.0. The molecule has 3 rings (SSSR count). The lowest BCUT2D eigenvalue weighted by Crippen LogP contribution is -2.43. The Labute approximate surface area is 195 Å². The van der Waals surface area contributed by atoms with Crippen molar-refractivity contribution in [3.05, 3.63) is 65.7 Å². The van der Waals surface area contributed by atoms with E-state index >= 15 is 0 Å². The molecule has 7 heteroatoms. The second kappa shape index (κ2) is 13.1. The summed E-state index contributed by atoms with van der Waals surface area (Å²) in [6, 6.07) is 17.9. The summed E-state index contributed by atoms with van der Waals surface area (Å²) in [4.78, 5) is 16.7. The summed E-state index contributed by atoms with van der Waals surface area (Å²) >= 11 is 0. The summed E-state index contributed by atoms with van der Waals surface area (Å²) < 4.78 is 5.95. The summed E-state index contributed by atoms with van der Waals surface area (Å²) in [6.45, 7) is 4.67. The van der Waals surface area contributed by atoms with E-state index in [4.69, 9.17) is 4.74 Å². The second-order valence-corrected chi connectivity index (χ2v) is 7.17. The van der Waals surface area contributed by atoms with Gasteiger partial charge in [-0.25, -0.2) is 4.99 Å². The molecule has 30 heavy (non-hydrogen) atoms. The molecule has 1 fully saturated rings.